The van der Waals surface area contributed by atoms with Crippen LogP contribution in [0.25, 0.3) is 0 Å². The highest BCUT2D eigenvalue weighted by Crippen LogP contribution is 2.45. The molecule has 3 aliphatic heterocycles. The van der Waals surface area contributed by atoms with E-state index in [1.54, 1.807) is 26.8 Å². The van der Waals surface area contributed by atoms with Gasteiger partial charge in [0, 0.05) is 55.4 Å². The third kappa shape index (κ3) is 13.0. The fourth-order valence-corrected chi connectivity index (χ4v) is 8.04. The molecule has 0 amide bonds. The molecule has 10 nitrogen and oxygen atoms in total. The Morgan fingerprint density at radius 2 is 1.63 bits per heavy atom. The van der Waals surface area contributed by atoms with Gasteiger partial charge in [0.1, 0.15) is 11.9 Å². The van der Waals surface area contributed by atoms with Crippen LogP contribution in [-0.2, 0) is 23.8 Å². The largest absolute Gasteiger partial charge is 0.459 e. The Hall–Kier alpha value is -1.66. The molecule has 3 rings (SSSR count). The van der Waals surface area contributed by atoms with Crippen LogP contribution in [-0.4, -0.2) is 91.4 Å². The number of ether oxygens (including phenoxy) is 3. The van der Waals surface area contributed by atoms with Crippen molar-refractivity contribution in [3.05, 3.63) is 24.3 Å². The van der Waals surface area contributed by atoms with Crippen LogP contribution >= 0.6 is 0 Å². The molecule has 14 atom stereocenters. The van der Waals surface area contributed by atoms with Gasteiger partial charge in [-0.15, -0.1) is 0 Å². The number of carbonyl (C=O) groups excluding carboxylic acids is 2. The minimum absolute atomic E-state index is 0.0737. The Labute approximate surface area is 313 Å². The van der Waals surface area contributed by atoms with Crippen LogP contribution in [0.3, 0.4) is 0 Å². The maximum atomic E-state index is 14.0. The molecule has 300 valence electrons. The van der Waals surface area contributed by atoms with E-state index in [0.717, 1.165) is 25.7 Å². The Kier molecular flexibility index (Phi) is 17.5. The van der Waals surface area contributed by atoms with Gasteiger partial charge in [-0.05, 0) is 63.7 Å². The molecule has 0 saturated carbocycles. The maximum Gasteiger partial charge on any atom is 0.330 e. The van der Waals surface area contributed by atoms with Crippen LogP contribution in [0.4, 0.5) is 0 Å². The van der Waals surface area contributed by atoms with Crippen molar-refractivity contribution in [3.63, 3.8) is 0 Å². The number of aliphatic hydroxyl groups excluding tert-OH is 4. The number of rotatable bonds is 5. The van der Waals surface area contributed by atoms with Gasteiger partial charge in [-0.3, -0.25) is 4.79 Å². The predicted molar refractivity (Wildman–Crippen MR) is 201 cm³/mol. The SMILES string of the molecule is CC[C@H](O)C[C@@H]1O[C@@]2(CC[C@H]1C)C[C@H]1OC(=O)/C=C/[C@H](C)[C@H](O)[C@H](C)[C@H](O)C[C@@H](O)[C@@](C)(O)CCCCC/C=C/[C@H](CC(C)C)C(=O)C[C@@H](O2)[C@@H]1C. The van der Waals surface area contributed by atoms with Gasteiger partial charge in [-0.25, -0.2) is 4.79 Å². The standard InChI is InChI=1S/C42H72O10/c1-9-32(43)22-35-27(4)18-20-42(51-35)25-37-30(7)36(52-42)23-34(45)31(21-26(2)3)15-13-11-10-12-14-19-41(8,49)38(46)24-33(44)29(6)40(48)28(5)16-17-39(47)50-37/h13,15-17,26-33,35-38,40,43-44,46,48-49H,9-12,14,18-25H2,1-8H3/b15-13+,17-16+/t27-,28+,29-,30+,31-,32+,33-,35+,36-,37-,38-,40+,41+,42-/m1/s1. The number of fused-ring (bicyclic) bond motifs is 2. The molecule has 3 heterocycles. The third-order valence-electron chi connectivity index (χ3n) is 12.1. The lowest BCUT2D eigenvalue weighted by Crippen LogP contribution is -2.57. The average Bonchev–Trinajstić information content (AvgIpc) is 3.08. The summed E-state index contributed by atoms with van der Waals surface area (Å²) in [5, 5.41) is 54.3. The molecule has 0 radical (unpaired) electrons. The molecule has 5 N–H and O–H groups in total. The zero-order valence-corrected chi connectivity index (χ0v) is 33.3. The van der Waals surface area contributed by atoms with Gasteiger partial charge in [0.15, 0.2) is 5.79 Å². The molecule has 0 aliphatic carbocycles. The maximum absolute atomic E-state index is 14.0. The summed E-state index contributed by atoms with van der Waals surface area (Å²) in [5.74, 6) is -2.83. The highest BCUT2D eigenvalue weighted by molar-refractivity contribution is 5.83. The fourth-order valence-electron chi connectivity index (χ4n) is 8.04. The summed E-state index contributed by atoms with van der Waals surface area (Å²) in [7, 11) is 0. The quantitative estimate of drug-likeness (QED) is 0.163. The first kappa shape index (κ1) is 44.7. The Morgan fingerprint density at radius 3 is 2.31 bits per heavy atom. The van der Waals surface area contributed by atoms with Gasteiger partial charge >= 0.3 is 5.97 Å². The van der Waals surface area contributed by atoms with Crippen molar-refractivity contribution >= 4 is 11.8 Å². The molecule has 0 unspecified atom stereocenters. The molecular weight excluding hydrogens is 664 g/mol. The third-order valence-corrected chi connectivity index (χ3v) is 12.1. The summed E-state index contributed by atoms with van der Waals surface area (Å²) in [4.78, 5) is 27.4. The van der Waals surface area contributed by atoms with Crippen molar-refractivity contribution in [2.75, 3.05) is 0 Å². The van der Waals surface area contributed by atoms with Gasteiger partial charge < -0.3 is 39.7 Å². The topological polar surface area (TPSA) is 163 Å². The van der Waals surface area contributed by atoms with Gasteiger partial charge in [0.25, 0.3) is 0 Å². The normalized spacial score (nSPS) is 43.0. The first-order valence-corrected chi connectivity index (χ1v) is 20.3. The van der Waals surface area contributed by atoms with Crippen molar-refractivity contribution in [3.8, 4) is 0 Å². The summed E-state index contributed by atoms with van der Waals surface area (Å²) >= 11 is 0. The summed E-state index contributed by atoms with van der Waals surface area (Å²) in [5.41, 5.74) is -1.40. The zero-order valence-electron chi connectivity index (χ0n) is 33.3. The van der Waals surface area contributed by atoms with Crippen molar-refractivity contribution in [1.82, 2.24) is 0 Å². The molecule has 2 fully saturated rings. The van der Waals surface area contributed by atoms with Crippen LogP contribution in [0, 0.1) is 35.5 Å². The van der Waals surface area contributed by atoms with Crippen LogP contribution in [0.2, 0.25) is 0 Å². The molecule has 0 aromatic rings. The van der Waals surface area contributed by atoms with Gasteiger partial charge in [-0.1, -0.05) is 79.5 Å². The van der Waals surface area contributed by atoms with Gasteiger partial charge in [0.2, 0.25) is 0 Å². The van der Waals surface area contributed by atoms with E-state index in [0.29, 0.717) is 50.9 Å². The minimum Gasteiger partial charge on any atom is -0.459 e. The van der Waals surface area contributed by atoms with Crippen LogP contribution in [0.5, 0.6) is 0 Å². The van der Waals surface area contributed by atoms with E-state index in [1.807, 2.05) is 19.9 Å². The second-order valence-corrected chi connectivity index (χ2v) is 17.3. The summed E-state index contributed by atoms with van der Waals surface area (Å²) < 4.78 is 19.6. The lowest BCUT2D eigenvalue weighted by molar-refractivity contribution is -0.346. The number of esters is 1. The van der Waals surface area contributed by atoms with E-state index in [1.165, 1.54) is 6.08 Å². The number of hydrogen-bond acceptors (Lipinski definition) is 10. The second-order valence-electron chi connectivity index (χ2n) is 17.3. The smallest absolute Gasteiger partial charge is 0.330 e. The molecule has 1 spiro atoms. The summed E-state index contributed by atoms with van der Waals surface area (Å²) in [6.45, 7) is 15.2. The molecule has 10 heteroatoms. The molecule has 2 saturated heterocycles. The summed E-state index contributed by atoms with van der Waals surface area (Å²) in [6, 6.07) is 0. The molecule has 52 heavy (non-hydrogen) atoms. The first-order valence-electron chi connectivity index (χ1n) is 20.3. The van der Waals surface area contributed by atoms with Crippen LogP contribution < -0.4 is 0 Å². The van der Waals surface area contributed by atoms with Crippen LogP contribution in [0.15, 0.2) is 24.3 Å². The number of aliphatic hydroxyl groups is 5. The van der Waals surface area contributed by atoms with Crippen molar-refractivity contribution in [2.45, 2.75) is 193 Å². The Morgan fingerprint density at radius 1 is 0.923 bits per heavy atom. The number of hydrogen-bond donors (Lipinski definition) is 5. The number of ketones is 1. The number of allylic oxidation sites excluding steroid dienone is 2. The van der Waals surface area contributed by atoms with E-state index < -0.39 is 65.8 Å². The predicted octanol–water partition coefficient (Wildman–Crippen LogP) is 6.19. The Bertz CT molecular complexity index is 1170. The first-order chi connectivity index (χ1) is 24.4. The number of carbonyl (C=O) groups is 2. The molecule has 0 aromatic carbocycles. The lowest BCUT2D eigenvalue weighted by Gasteiger charge is -2.51. The zero-order chi connectivity index (χ0) is 38.8. The van der Waals surface area contributed by atoms with Gasteiger partial charge in [-0.2, -0.15) is 0 Å². The van der Waals surface area contributed by atoms with E-state index >= 15 is 0 Å². The molecule has 3 aliphatic rings. The molecular formula is C42H72O10. The van der Waals surface area contributed by atoms with Crippen LogP contribution in [0.1, 0.15) is 139 Å². The van der Waals surface area contributed by atoms with Crippen molar-refractivity contribution < 1.29 is 49.3 Å². The minimum atomic E-state index is -1.40. The van der Waals surface area contributed by atoms with E-state index in [2.05, 4.69) is 26.8 Å². The molecule has 0 aromatic heterocycles. The van der Waals surface area contributed by atoms with Gasteiger partial charge in [0.05, 0.1) is 42.2 Å². The van der Waals surface area contributed by atoms with Crippen molar-refractivity contribution in [2.24, 2.45) is 35.5 Å². The molecule has 2 bridgehead atoms. The highest BCUT2D eigenvalue weighted by Gasteiger charge is 2.52. The lowest BCUT2D eigenvalue weighted by atomic mass is 9.79. The fraction of sp³-hybridized carbons (Fsp3) is 0.857. The second kappa shape index (κ2) is 20.3. The number of Topliss-reactive ketones (excluding diaryl/α,β-unsaturated/α-hetero) is 1. The monoisotopic (exact) mass is 737 g/mol. The van der Waals surface area contributed by atoms with E-state index in [-0.39, 0.29) is 42.5 Å². The van der Waals surface area contributed by atoms with E-state index in [9.17, 15) is 35.1 Å². The Balaban J connectivity index is 1.93. The van der Waals surface area contributed by atoms with E-state index in [4.69, 9.17) is 14.2 Å². The average molecular weight is 737 g/mol. The summed E-state index contributed by atoms with van der Waals surface area (Å²) in [6.07, 6.45) is 8.83. The highest BCUT2D eigenvalue weighted by atomic mass is 16.7. The van der Waals surface area contributed by atoms with Crippen molar-refractivity contribution in [1.29, 1.82) is 0 Å².